The van der Waals surface area contributed by atoms with Crippen molar-refractivity contribution >= 4 is 10.0 Å². The highest BCUT2D eigenvalue weighted by Gasteiger charge is 2.20. The third kappa shape index (κ3) is 5.61. The first kappa shape index (κ1) is 20.0. The van der Waals surface area contributed by atoms with Gasteiger partial charge in [0.2, 0.25) is 10.0 Å². The lowest BCUT2D eigenvalue weighted by Gasteiger charge is -2.21. The molecule has 0 aromatic heterocycles. The summed E-state index contributed by atoms with van der Waals surface area (Å²) in [6, 6.07) is 14.8. The number of benzene rings is 2. The Morgan fingerprint density at radius 1 is 0.846 bits per heavy atom. The molecule has 2 rings (SSSR count). The van der Waals surface area contributed by atoms with E-state index in [1.165, 1.54) is 9.71 Å². The quantitative estimate of drug-likeness (QED) is 0.666. The Labute approximate surface area is 155 Å². The van der Waals surface area contributed by atoms with Crippen molar-refractivity contribution in [3.8, 4) is 11.5 Å². The highest BCUT2D eigenvalue weighted by molar-refractivity contribution is 7.92. The molecule has 2 aromatic carbocycles. The van der Waals surface area contributed by atoms with Crippen LogP contribution >= 0.6 is 0 Å². The van der Waals surface area contributed by atoms with Gasteiger partial charge in [-0.2, -0.15) is 4.31 Å². The Bertz CT molecular complexity index is 762. The minimum Gasteiger partial charge on any atom is -0.497 e. The fourth-order valence-corrected chi connectivity index (χ4v) is 3.67. The summed E-state index contributed by atoms with van der Waals surface area (Å²) in [5, 5.41) is 1.28. The fraction of sp³-hybridized carbons (Fsp3) is 0.300. The van der Waals surface area contributed by atoms with Crippen molar-refractivity contribution in [2.24, 2.45) is 0 Å². The number of hydrogen-bond acceptors (Lipinski definition) is 4. The molecule has 26 heavy (non-hydrogen) atoms. The maximum absolute atomic E-state index is 12.7. The van der Waals surface area contributed by atoms with Gasteiger partial charge in [0.1, 0.15) is 11.5 Å². The van der Waals surface area contributed by atoms with Crippen LogP contribution in [0.3, 0.4) is 0 Å². The lowest BCUT2D eigenvalue weighted by atomic mass is 10.2. The second-order valence-electron chi connectivity index (χ2n) is 5.79. The monoisotopic (exact) mass is 375 g/mol. The van der Waals surface area contributed by atoms with Gasteiger partial charge in [0.15, 0.2) is 0 Å². The molecule has 0 aliphatic carbocycles. The van der Waals surface area contributed by atoms with Gasteiger partial charge >= 0.3 is 0 Å². The van der Waals surface area contributed by atoms with E-state index in [0.29, 0.717) is 6.42 Å². The molecule has 0 atom stereocenters. The first-order valence-electron chi connectivity index (χ1n) is 8.41. The summed E-state index contributed by atoms with van der Waals surface area (Å²) in [7, 11) is -0.318. The maximum atomic E-state index is 12.7. The standard InChI is InChI=1S/C20H25NO4S/c1-4-5-14-26(22,23)21(15-17-6-10-19(24-2)11-7-17)16-18-8-12-20(25-3)13-9-18/h5-14H,4,15-16H2,1-3H3. The van der Waals surface area contributed by atoms with Crippen molar-refractivity contribution in [1.82, 2.24) is 4.31 Å². The lowest BCUT2D eigenvalue weighted by molar-refractivity contribution is 0.402. The van der Waals surface area contributed by atoms with E-state index in [4.69, 9.17) is 9.47 Å². The van der Waals surface area contributed by atoms with Crippen LogP contribution in [-0.2, 0) is 23.1 Å². The van der Waals surface area contributed by atoms with Gasteiger partial charge in [-0.1, -0.05) is 37.3 Å². The molecular formula is C20H25NO4S. The molecule has 0 saturated heterocycles. The molecule has 0 unspecified atom stereocenters. The Morgan fingerprint density at radius 3 is 1.62 bits per heavy atom. The Balaban J connectivity index is 2.26. The average Bonchev–Trinajstić information content (AvgIpc) is 2.67. The minimum atomic E-state index is -3.52. The van der Waals surface area contributed by atoms with Crippen molar-refractivity contribution < 1.29 is 17.9 Å². The normalized spacial score (nSPS) is 11.8. The number of ether oxygens (including phenoxy) is 2. The molecule has 0 bridgehead atoms. The van der Waals surface area contributed by atoms with E-state index >= 15 is 0 Å². The van der Waals surface area contributed by atoms with E-state index in [1.54, 1.807) is 20.3 Å². The molecule has 6 heteroatoms. The zero-order valence-electron chi connectivity index (χ0n) is 15.4. The summed E-state index contributed by atoms with van der Waals surface area (Å²) in [6.45, 7) is 2.47. The lowest BCUT2D eigenvalue weighted by Crippen LogP contribution is -2.28. The Hall–Kier alpha value is -2.31. The molecule has 0 aliphatic heterocycles. The predicted molar refractivity (Wildman–Crippen MR) is 104 cm³/mol. The van der Waals surface area contributed by atoms with Crippen molar-refractivity contribution in [3.05, 3.63) is 71.1 Å². The Morgan fingerprint density at radius 2 is 1.27 bits per heavy atom. The van der Waals surface area contributed by atoms with Gasteiger partial charge in [-0.15, -0.1) is 0 Å². The average molecular weight is 375 g/mol. The number of allylic oxidation sites excluding steroid dienone is 1. The van der Waals surface area contributed by atoms with Crippen LogP contribution in [0.15, 0.2) is 60.0 Å². The van der Waals surface area contributed by atoms with Gasteiger partial charge in [-0.05, 0) is 41.8 Å². The fourth-order valence-electron chi connectivity index (χ4n) is 2.41. The third-order valence-electron chi connectivity index (χ3n) is 3.90. The van der Waals surface area contributed by atoms with Crippen molar-refractivity contribution in [1.29, 1.82) is 0 Å². The van der Waals surface area contributed by atoms with Crippen molar-refractivity contribution in [3.63, 3.8) is 0 Å². The van der Waals surface area contributed by atoms with E-state index in [2.05, 4.69) is 0 Å². The molecule has 0 aliphatic rings. The number of sulfonamides is 1. The summed E-state index contributed by atoms with van der Waals surface area (Å²) in [4.78, 5) is 0. The molecule has 0 fully saturated rings. The van der Waals surface area contributed by atoms with Crippen LogP contribution in [0.2, 0.25) is 0 Å². The summed E-state index contributed by atoms with van der Waals surface area (Å²) in [5.41, 5.74) is 1.79. The zero-order chi connectivity index (χ0) is 19.0. The van der Waals surface area contributed by atoms with Crippen molar-refractivity contribution in [2.45, 2.75) is 26.4 Å². The van der Waals surface area contributed by atoms with Gasteiger partial charge in [0.25, 0.3) is 0 Å². The topological polar surface area (TPSA) is 55.8 Å². The van der Waals surface area contributed by atoms with Crippen LogP contribution in [0.5, 0.6) is 11.5 Å². The molecule has 0 N–H and O–H groups in total. The number of rotatable bonds is 9. The second kappa shape index (κ2) is 9.40. The van der Waals surface area contributed by atoms with E-state index in [0.717, 1.165) is 22.6 Å². The summed E-state index contributed by atoms with van der Waals surface area (Å²) in [6.07, 6.45) is 2.32. The molecule has 140 valence electrons. The smallest absolute Gasteiger partial charge is 0.236 e. The number of nitrogens with zero attached hydrogens (tertiary/aromatic N) is 1. The van der Waals surface area contributed by atoms with Gasteiger partial charge in [-0.3, -0.25) is 0 Å². The minimum absolute atomic E-state index is 0.284. The SMILES string of the molecule is CCC=CS(=O)(=O)N(Cc1ccc(OC)cc1)Cc1ccc(OC)cc1. The van der Waals surface area contributed by atoms with Crippen LogP contribution in [0.1, 0.15) is 24.5 Å². The molecule has 0 heterocycles. The zero-order valence-corrected chi connectivity index (χ0v) is 16.2. The van der Waals surface area contributed by atoms with E-state index in [9.17, 15) is 8.42 Å². The van der Waals surface area contributed by atoms with E-state index < -0.39 is 10.0 Å². The van der Waals surface area contributed by atoms with Gasteiger partial charge < -0.3 is 9.47 Å². The van der Waals surface area contributed by atoms with Crippen molar-refractivity contribution in [2.75, 3.05) is 14.2 Å². The van der Waals surface area contributed by atoms with Crippen LogP contribution in [0.25, 0.3) is 0 Å². The maximum Gasteiger partial charge on any atom is 0.236 e. The molecule has 0 saturated carbocycles. The predicted octanol–water partition coefficient (Wildman–Crippen LogP) is 3.96. The summed E-state index contributed by atoms with van der Waals surface area (Å²) >= 11 is 0. The van der Waals surface area contributed by atoms with Gasteiger partial charge in [0.05, 0.1) is 14.2 Å². The first-order chi connectivity index (χ1) is 12.5. The summed E-state index contributed by atoms with van der Waals surface area (Å²) in [5.74, 6) is 1.48. The van der Waals surface area contributed by atoms with Crippen LogP contribution in [-0.4, -0.2) is 26.9 Å². The summed E-state index contributed by atoms with van der Waals surface area (Å²) < 4.78 is 37.2. The molecule has 0 radical (unpaired) electrons. The van der Waals surface area contributed by atoms with Gasteiger partial charge in [0, 0.05) is 18.5 Å². The molecule has 0 amide bonds. The highest BCUT2D eigenvalue weighted by atomic mass is 32.2. The molecule has 5 nitrogen and oxygen atoms in total. The number of methoxy groups -OCH3 is 2. The van der Waals surface area contributed by atoms with Crippen LogP contribution < -0.4 is 9.47 Å². The van der Waals surface area contributed by atoms with Gasteiger partial charge in [-0.25, -0.2) is 8.42 Å². The number of hydrogen-bond donors (Lipinski definition) is 0. The molecule has 0 spiro atoms. The van der Waals surface area contributed by atoms with E-state index in [1.807, 2.05) is 55.5 Å². The largest absolute Gasteiger partial charge is 0.497 e. The van der Waals surface area contributed by atoms with Crippen LogP contribution in [0.4, 0.5) is 0 Å². The Kier molecular flexibility index (Phi) is 7.24. The third-order valence-corrected chi connectivity index (χ3v) is 5.41. The molecule has 2 aromatic rings. The highest BCUT2D eigenvalue weighted by Crippen LogP contribution is 2.19. The molecular weight excluding hydrogens is 350 g/mol. The second-order valence-corrected chi connectivity index (χ2v) is 7.61. The van der Waals surface area contributed by atoms with E-state index in [-0.39, 0.29) is 13.1 Å². The van der Waals surface area contributed by atoms with Crippen LogP contribution in [0, 0.1) is 0 Å². The first-order valence-corrected chi connectivity index (χ1v) is 9.91.